The number of para-hydroxylation sites is 2. The normalized spacial score (nSPS) is 12.7. The van der Waals surface area contributed by atoms with Gasteiger partial charge in [-0.2, -0.15) is 5.10 Å². The van der Waals surface area contributed by atoms with Crippen LogP contribution >= 0.6 is 0 Å². The summed E-state index contributed by atoms with van der Waals surface area (Å²) in [5, 5.41) is 19.2. The molecule has 0 saturated carbocycles. The lowest BCUT2D eigenvalue weighted by Crippen LogP contribution is -2.07. The molecule has 0 spiro atoms. The van der Waals surface area contributed by atoms with Gasteiger partial charge in [0, 0.05) is 24.6 Å². The topological polar surface area (TPSA) is 73.0 Å². The highest BCUT2D eigenvalue weighted by Crippen LogP contribution is 2.33. The van der Waals surface area contributed by atoms with Crippen LogP contribution in [-0.2, 0) is 12.8 Å². The molecule has 0 saturated heterocycles. The van der Waals surface area contributed by atoms with Gasteiger partial charge in [0.05, 0.1) is 10.6 Å². The van der Waals surface area contributed by atoms with E-state index >= 15 is 0 Å². The summed E-state index contributed by atoms with van der Waals surface area (Å²) in [5.41, 5.74) is 3.30. The van der Waals surface area contributed by atoms with E-state index < -0.39 is 4.92 Å². The molecule has 6 nitrogen and oxygen atoms in total. The smallest absolute Gasteiger partial charge is 0.294 e. The lowest BCUT2D eigenvalue weighted by molar-refractivity contribution is -0.384. The molecule has 0 unspecified atom stereocenters. The molecule has 1 aliphatic heterocycles. The molecule has 0 radical (unpaired) electrons. The van der Waals surface area contributed by atoms with Crippen molar-refractivity contribution >= 4 is 11.5 Å². The summed E-state index contributed by atoms with van der Waals surface area (Å²) in [4.78, 5) is 10.9. The summed E-state index contributed by atoms with van der Waals surface area (Å²) < 4.78 is 14.7. The lowest BCUT2D eigenvalue weighted by atomic mass is 10.1. The zero-order valence-electron chi connectivity index (χ0n) is 13.3. The fourth-order valence-corrected chi connectivity index (χ4v) is 3.16. The number of nitro benzene ring substituents is 1. The SMILES string of the molecule is O=[N+]([O-])c1ccccc1-n1nc(Cc2ccc(F)cc2)c2c1NCC2. The van der Waals surface area contributed by atoms with Crippen LogP contribution in [0.4, 0.5) is 15.9 Å². The average molecular weight is 338 g/mol. The van der Waals surface area contributed by atoms with Crippen molar-refractivity contribution in [2.24, 2.45) is 0 Å². The quantitative estimate of drug-likeness (QED) is 0.584. The Labute approximate surface area is 143 Å². The molecule has 25 heavy (non-hydrogen) atoms. The fraction of sp³-hybridized carbons (Fsp3) is 0.167. The zero-order chi connectivity index (χ0) is 17.4. The predicted octanol–water partition coefficient (Wildman–Crippen LogP) is 3.48. The second-order valence-corrected chi connectivity index (χ2v) is 5.91. The second-order valence-electron chi connectivity index (χ2n) is 5.91. The summed E-state index contributed by atoms with van der Waals surface area (Å²) in [6.45, 7) is 0.768. The fourth-order valence-electron chi connectivity index (χ4n) is 3.16. The highest BCUT2D eigenvalue weighted by molar-refractivity contribution is 5.62. The summed E-state index contributed by atoms with van der Waals surface area (Å²) in [7, 11) is 0. The monoisotopic (exact) mass is 338 g/mol. The molecule has 4 rings (SSSR count). The van der Waals surface area contributed by atoms with E-state index in [2.05, 4.69) is 10.4 Å². The average Bonchev–Trinajstić information content (AvgIpc) is 3.21. The number of anilines is 1. The Morgan fingerprint density at radius 3 is 2.72 bits per heavy atom. The number of benzene rings is 2. The lowest BCUT2D eigenvalue weighted by Gasteiger charge is -2.06. The molecule has 1 N–H and O–H groups in total. The van der Waals surface area contributed by atoms with Crippen molar-refractivity contribution in [2.75, 3.05) is 11.9 Å². The number of nitrogens with one attached hydrogen (secondary N) is 1. The van der Waals surface area contributed by atoms with Gasteiger partial charge in [-0.3, -0.25) is 10.1 Å². The van der Waals surface area contributed by atoms with Crippen molar-refractivity contribution in [2.45, 2.75) is 12.8 Å². The molecular formula is C18H15FN4O2. The molecule has 1 aromatic heterocycles. The van der Waals surface area contributed by atoms with Gasteiger partial charge in [-0.1, -0.05) is 24.3 Å². The third kappa shape index (κ3) is 2.73. The maximum Gasteiger partial charge on any atom is 0.294 e. The standard InChI is InChI=1S/C18H15FN4O2/c19-13-7-5-12(6-8-13)11-15-14-9-10-20-18(14)22(21-15)16-3-1-2-4-17(16)23(24)25/h1-8,20H,9-11H2. The summed E-state index contributed by atoms with van der Waals surface area (Å²) in [6, 6.07) is 12.9. The first-order valence-electron chi connectivity index (χ1n) is 7.96. The summed E-state index contributed by atoms with van der Waals surface area (Å²) in [6.07, 6.45) is 1.37. The van der Waals surface area contributed by atoms with E-state index in [-0.39, 0.29) is 11.5 Å². The number of hydrogen-bond acceptors (Lipinski definition) is 4. The van der Waals surface area contributed by atoms with Crippen LogP contribution in [0, 0.1) is 15.9 Å². The minimum absolute atomic E-state index is 0.00910. The number of nitrogens with zero attached hydrogens (tertiary/aromatic N) is 3. The van der Waals surface area contributed by atoms with Crippen molar-refractivity contribution in [1.82, 2.24) is 9.78 Å². The largest absolute Gasteiger partial charge is 0.369 e. The molecule has 1 aliphatic rings. The van der Waals surface area contributed by atoms with Gasteiger partial charge in [0.15, 0.2) is 0 Å². The molecule has 2 aromatic carbocycles. The van der Waals surface area contributed by atoms with Gasteiger partial charge in [0.1, 0.15) is 17.3 Å². The van der Waals surface area contributed by atoms with Gasteiger partial charge in [0.25, 0.3) is 5.69 Å². The molecule has 2 heterocycles. The van der Waals surface area contributed by atoms with Crippen LogP contribution in [0.2, 0.25) is 0 Å². The van der Waals surface area contributed by atoms with Crippen LogP contribution in [-0.4, -0.2) is 21.2 Å². The Morgan fingerprint density at radius 1 is 1.20 bits per heavy atom. The van der Waals surface area contributed by atoms with Crippen molar-refractivity contribution in [3.05, 3.63) is 81.3 Å². The van der Waals surface area contributed by atoms with Crippen LogP contribution in [0.5, 0.6) is 0 Å². The Hall–Kier alpha value is -3.22. The van der Waals surface area contributed by atoms with E-state index in [4.69, 9.17) is 0 Å². The zero-order valence-corrected chi connectivity index (χ0v) is 13.3. The summed E-state index contributed by atoms with van der Waals surface area (Å²) in [5.74, 6) is 0.521. The Balaban J connectivity index is 1.78. The number of aromatic nitrogens is 2. The first-order valence-corrected chi connectivity index (χ1v) is 7.96. The van der Waals surface area contributed by atoms with Crippen molar-refractivity contribution in [3.63, 3.8) is 0 Å². The van der Waals surface area contributed by atoms with Crippen LogP contribution in [0.1, 0.15) is 16.8 Å². The van der Waals surface area contributed by atoms with Crippen molar-refractivity contribution < 1.29 is 9.31 Å². The molecule has 3 aromatic rings. The van der Waals surface area contributed by atoms with Crippen molar-refractivity contribution in [1.29, 1.82) is 0 Å². The molecule has 0 atom stereocenters. The third-order valence-electron chi connectivity index (χ3n) is 4.33. The number of halogens is 1. The maximum atomic E-state index is 13.1. The molecule has 126 valence electrons. The van der Waals surface area contributed by atoms with Crippen LogP contribution < -0.4 is 5.32 Å². The van der Waals surface area contributed by atoms with Gasteiger partial charge in [-0.15, -0.1) is 0 Å². The van der Waals surface area contributed by atoms with E-state index in [1.165, 1.54) is 18.2 Å². The first-order chi connectivity index (χ1) is 12.1. The number of nitro groups is 1. The van der Waals surface area contributed by atoms with Gasteiger partial charge >= 0.3 is 0 Å². The molecular weight excluding hydrogens is 323 g/mol. The molecule has 0 bridgehead atoms. The van der Waals surface area contributed by atoms with E-state index in [1.807, 2.05) is 0 Å². The number of hydrogen-bond donors (Lipinski definition) is 1. The highest BCUT2D eigenvalue weighted by Gasteiger charge is 2.26. The first kappa shape index (κ1) is 15.3. The van der Waals surface area contributed by atoms with Crippen molar-refractivity contribution in [3.8, 4) is 5.69 Å². The highest BCUT2D eigenvalue weighted by atomic mass is 19.1. The minimum atomic E-state index is -0.405. The van der Waals surface area contributed by atoms with E-state index in [9.17, 15) is 14.5 Å². The Bertz CT molecular complexity index is 950. The molecule has 0 amide bonds. The Morgan fingerprint density at radius 2 is 1.96 bits per heavy atom. The molecule has 7 heteroatoms. The van der Waals surface area contributed by atoms with E-state index in [0.717, 1.165) is 35.6 Å². The van der Waals surface area contributed by atoms with Crippen LogP contribution in [0.25, 0.3) is 5.69 Å². The predicted molar refractivity (Wildman–Crippen MR) is 91.6 cm³/mol. The third-order valence-corrected chi connectivity index (χ3v) is 4.33. The van der Waals surface area contributed by atoms with E-state index in [1.54, 1.807) is 35.0 Å². The maximum absolute atomic E-state index is 13.1. The second kappa shape index (κ2) is 6.01. The Kier molecular flexibility index (Phi) is 3.68. The number of rotatable bonds is 4. The van der Waals surface area contributed by atoms with Crippen LogP contribution in [0.3, 0.4) is 0 Å². The number of fused-ring (bicyclic) bond motifs is 1. The van der Waals surface area contributed by atoms with Gasteiger partial charge in [-0.25, -0.2) is 9.07 Å². The van der Waals surface area contributed by atoms with Gasteiger partial charge in [-0.05, 0) is 30.2 Å². The molecule has 0 aliphatic carbocycles. The van der Waals surface area contributed by atoms with E-state index in [0.29, 0.717) is 12.1 Å². The van der Waals surface area contributed by atoms with Crippen LogP contribution in [0.15, 0.2) is 48.5 Å². The minimum Gasteiger partial charge on any atom is -0.369 e. The summed E-state index contributed by atoms with van der Waals surface area (Å²) >= 11 is 0. The molecule has 0 fully saturated rings. The van der Waals surface area contributed by atoms with Gasteiger partial charge in [0.2, 0.25) is 0 Å². The van der Waals surface area contributed by atoms with Gasteiger partial charge < -0.3 is 5.32 Å².